The highest BCUT2D eigenvalue weighted by atomic mass is 35.5. The molecule has 0 aliphatic carbocycles. The maximum Gasteiger partial charge on any atom is 0.326 e. The number of nitrogens with zero attached hydrogens (tertiary/aromatic N) is 1. The highest BCUT2D eigenvalue weighted by Gasteiger charge is 2.13. The second kappa shape index (κ2) is 5.49. The first-order valence-corrected chi connectivity index (χ1v) is 6.59. The van der Waals surface area contributed by atoms with Crippen LogP contribution in [0.4, 0.5) is 0 Å². The number of ether oxygens (including phenoxy) is 1. The molecule has 1 aromatic heterocycles. The van der Waals surface area contributed by atoms with Gasteiger partial charge in [-0.25, -0.2) is 0 Å². The van der Waals surface area contributed by atoms with Crippen molar-refractivity contribution >= 4 is 17.6 Å². The average molecular weight is 278 g/mol. The molecule has 2 aromatic rings. The summed E-state index contributed by atoms with van der Waals surface area (Å²) in [7, 11) is 0. The molecule has 0 amide bonds. The summed E-state index contributed by atoms with van der Waals surface area (Å²) in [6, 6.07) is 9.77. The molecule has 0 radical (unpaired) electrons. The van der Waals surface area contributed by atoms with Gasteiger partial charge in [0.2, 0.25) is 0 Å². The van der Waals surface area contributed by atoms with Gasteiger partial charge >= 0.3 is 5.97 Å². The van der Waals surface area contributed by atoms with Crippen LogP contribution in [0, 0.1) is 20.8 Å². The van der Waals surface area contributed by atoms with Gasteiger partial charge in [-0.15, -0.1) is 11.6 Å². The van der Waals surface area contributed by atoms with Crippen molar-refractivity contribution in [2.75, 3.05) is 5.88 Å². The summed E-state index contributed by atoms with van der Waals surface area (Å²) in [5.74, 6) is -0.0791. The fraction of sp³-hybridized carbons (Fsp3) is 0.267. The number of hydrogen-bond donors (Lipinski definition) is 0. The summed E-state index contributed by atoms with van der Waals surface area (Å²) in [4.78, 5) is 11.4. The molecule has 0 aliphatic rings. The van der Waals surface area contributed by atoms with E-state index in [1.807, 2.05) is 45.0 Å². The number of aryl methyl sites for hydroxylation is 3. The maximum atomic E-state index is 11.4. The van der Waals surface area contributed by atoms with Gasteiger partial charge in [-0.3, -0.25) is 4.79 Å². The number of aromatic nitrogens is 1. The van der Waals surface area contributed by atoms with Crippen LogP contribution in [0.3, 0.4) is 0 Å². The molecular formula is C15H16ClNO2. The lowest BCUT2D eigenvalue weighted by Crippen LogP contribution is -2.12. The van der Waals surface area contributed by atoms with E-state index < -0.39 is 5.97 Å². The lowest BCUT2D eigenvalue weighted by atomic mass is 10.2. The monoisotopic (exact) mass is 277 g/mol. The van der Waals surface area contributed by atoms with Gasteiger partial charge in [0.15, 0.2) is 5.75 Å². The van der Waals surface area contributed by atoms with Crippen LogP contribution in [0.2, 0.25) is 0 Å². The van der Waals surface area contributed by atoms with E-state index >= 15 is 0 Å². The molecule has 0 atom stereocenters. The third-order valence-electron chi connectivity index (χ3n) is 2.96. The molecule has 19 heavy (non-hydrogen) atoms. The number of rotatable bonds is 3. The van der Waals surface area contributed by atoms with Crippen LogP contribution in [0.15, 0.2) is 30.3 Å². The van der Waals surface area contributed by atoms with Crippen molar-refractivity contribution in [3.05, 3.63) is 47.3 Å². The zero-order valence-electron chi connectivity index (χ0n) is 11.2. The molecule has 4 heteroatoms. The molecule has 0 N–H and O–H groups in total. The molecule has 2 rings (SSSR count). The first-order valence-electron chi connectivity index (χ1n) is 6.05. The van der Waals surface area contributed by atoms with Crippen LogP contribution >= 0.6 is 11.6 Å². The molecule has 0 saturated carbocycles. The van der Waals surface area contributed by atoms with E-state index in [0.29, 0.717) is 5.75 Å². The van der Waals surface area contributed by atoms with Crippen molar-refractivity contribution in [3.63, 3.8) is 0 Å². The average Bonchev–Trinajstić information content (AvgIpc) is 2.71. The number of carbonyl (C=O) groups is 1. The summed E-state index contributed by atoms with van der Waals surface area (Å²) in [6.45, 7) is 6.04. The molecular weight excluding hydrogens is 262 g/mol. The summed E-state index contributed by atoms with van der Waals surface area (Å²) in [5.41, 5.74) is 4.14. The first-order chi connectivity index (χ1) is 9.02. The number of esters is 1. The van der Waals surface area contributed by atoms with Crippen molar-refractivity contribution in [2.45, 2.75) is 20.8 Å². The topological polar surface area (TPSA) is 31.2 Å². The maximum absolute atomic E-state index is 11.4. The van der Waals surface area contributed by atoms with E-state index in [0.717, 1.165) is 22.6 Å². The molecule has 0 unspecified atom stereocenters. The first kappa shape index (κ1) is 13.7. The Hall–Kier alpha value is -1.74. The Balaban J connectivity index is 2.55. The Kier molecular flexibility index (Phi) is 3.96. The standard InChI is InChI=1S/C15H16ClNO2/c1-10-4-7-14(19-15(18)9-16)13(8-10)17-11(2)5-6-12(17)3/h4-8H,9H2,1-3H3. The summed E-state index contributed by atoms with van der Waals surface area (Å²) >= 11 is 5.49. The van der Waals surface area contributed by atoms with Crippen molar-refractivity contribution in [1.82, 2.24) is 4.57 Å². The minimum absolute atomic E-state index is 0.156. The minimum atomic E-state index is -0.450. The van der Waals surface area contributed by atoms with Crippen LogP contribution in [-0.2, 0) is 4.79 Å². The number of halogens is 1. The Morgan fingerprint density at radius 1 is 1.16 bits per heavy atom. The molecule has 1 heterocycles. The van der Waals surface area contributed by atoms with Crippen molar-refractivity contribution in [3.8, 4) is 11.4 Å². The predicted octanol–water partition coefficient (Wildman–Crippen LogP) is 3.55. The zero-order chi connectivity index (χ0) is 14.0. The van der Waals surface area contributed by atoms with Gasteiger partial charge in [-0.1, -0.05) is 6.07 Å². The fourth-order valence-corrected chi connectivity index (χ4v) is 2.14. The fourth-order valence-electron chi connectivity index (χ4n) is 2.09. The molecule has 3 nitrogen and oxygen atoms in total. The molecule has 1 aromatic carbocycles. The quantitative estimate of drug-likeness (QED) is 0.488. The van der Waals surface area contributed by atoms with Crippen LogP contribution < -0.4 is 4.74 Å². The van der Waals surface area contributed by atoms with Gasteiger partial charge in [-0.2, -0.15) is 0 Å². The normalized spacial score (nSPS) is 10.5. The lowest BCUT2D eigenvalue weighted by molar-refractivity contribution is -0.131. The Bertz CT molecular complexity index is 597. The van der Waals surface area contributed by atoms with Gasteiger partial charge in [0.25, 0.3) is 0 Å². The smallest absolute Gasteiger partial charge is 0.326 e. The van der Waals surface area contributed by atoms with Gasteiger partial charge in [0.1, 0.15) is 5.88 Å². The Morgan fingerprint density at radius 2 is 1.79 bits per heavy atom. The summed E-state index contributed by atoms with van der Waals surface area (Å²) in [5, 5.41) is 0. The second-order valence-electron chi connectivity index (χ2n) is 4.53. The van der Waals surface area contributed by atoms with E-state index in [-0.39, 0.29) is 5.88 Å². The van der Waals surface area contributed by atoms with E-state index in [4.69, 9.17) is 16.3 Å². The summed E-state index contributed by atoms with van der Waals surface area (Å²) in [6.07, 6.45) is 0. The van der Waals surface area contributed by atoms with E-state index in [2.05, 4.69) is 4.57 Å². The second-order valence-corrected chi connectivity index (χ2v) is 4.80. The Morgan fingerprint density at radius 3 is 2.37 bits per heavy atom. The zero-order valence-corrected chi connectivity index (χ0v) is 12.0. The number of alkyl halides is 1. The molecule has 0 spiro atoms. The van der Waals surface area contributed by atoms with Crippen LogP contribution in [0.5, 0.6) is 5.75 Å². The highest BCUT2D eigenvalue weighted by molar-refractivity contribution is 6.26. The SMILES string of the molecule is Cc1ccc(OC(=O)CCl)c(-n2c(C)ccc2C)c1. The molecule has 0 aliphatic heterocycles. The van der Waals surface area contributed by atoms with E-state index in [9.17, 15) is 4.79 Å². The molecule has 0 bridgehead atoms. The third-order valence-corrected chi connectivity index (χ3v) is 3.18. The van der Waals surface area contributed by atoms with Crippen LogP contribution in [-0.4, -0.2) is 16.4 Å². The van der Waals surface area contributed by atoms with E-state index in [1.54, 1.807) is 6.07 Å². The number of carbonyl (C=O) groups excluding carboxylic acids is 1. The molecule has 0 saturated heterocycles. The Labute approximate surface area is 117 Å². The number of hydrogen-bond acceptors (Lipinski definition) is 2. The predicted molar refractivity (Wildman–Crippen MR) is 76.3 cm³/mol. The summed E-state index contributed by atoms with van der Waals surface area (Å²) < 4.78 is 7.35. The van der Waals surface area contributed by atoms with E-state index in [1.165, 1.54) is 0 Å². The lowest BCUT2D eigenvalue weighted by Gasteiger charge is -2.15. The highest BCUT2D eigenvalue weighted by Crippen LogP contribution is 2.27. The largest absolute Gasteiger partial charge is 0.423 e. The van der Waals surface area contributed by atoms with Gasteiger partial charge in [-0.05, 0) is 50.6 Å². The minimum Gasteiger partial charge on any atom is -0.423 e. The van der Waals surface area contributed by atoms with Crippen LogP contribution in [0.25, 0.3) is 5.69 Å². The molecule has 100 valence electrons. The van der Waals surface area contributed by atoms with Crippen molar-refractivity contribution in [1.29, 1.82) is 0 Å². The van der Waals surface area contributed by atoms with Crippen molar-refractivity contribution < 1.29 is 9.53 Å². The van der Waals surface area contributed by atoms with Crippen molar-refractivity contribution in [2.24, 2.45) is 0 Å². The van der Waals surface area contributed by atoms with Gasteiger partial charge < -0.3 is 9.30 Å². The van der Waals surface area contributed by atoms with Crippen LogP contribution in [0.1, 0.15) is 17.0 Å². The van der Waals surface area contributed by atoms with Gasteiger partial charge in [0.05, 0.1) is 5.69 Å². The molecule has 0 fully saturated rings. The van der Waals surface area contributed by atoms with Gasteiger partial charge in [0, 0.05) is 11.4 Å². The third kappa shape index (κ3) is 2.82. The number of benzene rings is 1.